The van der Waals surface area contributed by atoms with Gasteiger partial charge in [0, 0.05) is 26.3 Å². The van der Waals surface area contributed by atoms with Gasteiger partial charge in [0.15, 0.2) is 0 Å². The zero-order valence-electron chi connectivity index (χ0n) is 14.4. The highest BCUT2D eigenvalue weighted by atomic mass is 32.2. The molecule has 6 nitrogen and oxygen atoms in total. The van der Waals surface area contributed by atoms with Crippen molar-refractivity contribution in [2.75, 3.05) is 30.9 Å². The Morgan fingerprint density at radius 2 is 1.84 bits per heavy atom. The molecule has 0 saturated heterocycles. The average Bonchev–Trinajstić information content (AvgIpc) is 2.58. The molecule has 0 aromatic heterocycles. The summed E-state index contributed by atoms with van der Waals surface area (Å²) in [7, 11) is 0.208. The van der Waals surface area contributed by atoms with Gasteiger partial charge in [0.25, 0.3) is 0 Å². The van der Waals surface area contributed by atoms with E-state index >= 15 is 0 Å². The molecule has 0 spiro atoms. The summed E-state index contributed by atoms with van der Waals surface area (Å²) < 4.78 is 22.7. The Balaban J connectivity index is 1.92. The minimum atomic E-state index is -3.81. The number of anilines is 2. The summed E-state index contributed by atoms with van der Waals surface area (Å²) in [4.78, 5) is 2.00. The lowest BCUT2D eigenvalue weighted by Gasteiger charge is -2.13. The third-order valence-electron chi connectivity index (χ3n) is 3.85. The highest BCUT2D eigenvalue weighted by Gasteiger charge is 2.11. The van der Waals surface area contributed by atoms with E-state index in [1.165, 1.54) is 17.7 Å². The van der Waals surface area contributed by atoms with E-state index in [1.807, 2.05) is 20.2 Å². The van der Waals surface area contributed by atoms with E-state index in [1.54, 1.807) is 6.07 Å². The van der Waals surface area contributed by atoms with E-state index in [0.717, 1.165) is 18.5 Å². The van der Waals surface area contributed by atoms with E-state index in [-0.39, 0.29) is 10.5 Å². The van der Waals surface area contributed by atoms with Crippen LogP contribution >= 0.6 is 0 Å². The van der Waals surface area contributed by atoms with Gasteiger partial charge in [0.1, 0.15) is 6.07 Å². The van der Waals surface area contributed by atoms with Crippen molar-refractivity contribution in [3.8, 4) is 6.07 Å². The number of primary sulfonamides is 1. The lowest BCUT2D eigenvalue weighted by Crippen LogP contribution is -2.13. The smallest absolute Gasteiger partial charge is 0.238 e. The molecule has 7 heteroatoms. The summed E-state index contributed by atoms with van der Waals surface area (Å²) in [5.74, 6) is 0. The highest BCUT2D eigenvalue weighted by molar-refractivity contribution is 7.89. The van der Waals surface area contributed by atoms with Crippen molar-refractivity contribution in [2.45, 2.75) is 17.7 Å². The van der Waals surface area contributed by atoms with Crippen LogP contribution in [0.15, 0.2) is 47.4 Å². The molecule has 0 amide bonds. The number of nitrogens with two attached hydrogens (primary N) is 1. The Morgan fingerprint density at radius 1 is 1.16 bits per heavy atom. The molecule has 0 fully saturated rings. The number of rotatable bonds is 7. The largest absolute Gasteiger partial charge is 0.384 e. The zero-order valence-corrected chi connectivity index (χ0v) is 15.2. The van der Waals surface area contributed by atoms with Crippen molar-refractivity contribution in [2.24, 2.45) is 5.14 Å². The first kappa shape index (κ1) is 18.8. The van der Waals surface area contributed by atoms with Crippen LogP contribution in [0.3, 0.4) is 0 Å². The van der Waals surface area contributed by atoms with E-state index in [4.69, 9.17) is 5.14 Å². The van der Waals surface area contributed by atoms with E-state index in [9.17, 15) is 13.7 Å². The third kappa shape index (κ3) is 5.21. The van der Waals surface area contributed by atoms with Crippen LogP contribution in [0.25, 0.3) is 0 Å². The Kier molecular flexibility index (Phi) is 6.02. The molecule has 25 heavy (non-hydrogen) atoms. The average molecular weight is 358 g/mol. The van der Waals surface area contributed by atoms with Crippen molar-refractivity contribution in [1.29, 1.82) is 5.26 Å². The topological polar surface area (TPSA) is 99.2 Å². The second-order valence-corrected chi connectivity index (χ2v) is 7.52. The van der Waals surface area contributed by atoms with Crippen LogP contribution in [0, 0.1) is 11.3 Å². The van der Waals surface area contributed by atoms with Gasteiger partial charge in [-0.2, -0.15) is 5.26 Å². The molecule has 0 unspecified atom stereocenters. The molecule has 3 N–H and O–H groups in total. The Hall–Kier alpha value is -2.56. The number of nitrogens with one attached hydrogen (secondary N) is 1. The molecule has 0 aliphatic heterocycles. The fraction of sp³-hybridized carbons (Fsp3) is 0.278. The van der Waals surface area contributed by atoms with Gasteiger partial charge in [-0.05, 0) is 48.7 Å². The van der Waals surface area contributed by atoms with Gasteiger partial charge >= 0.3 is 0 Å². The van der Waals surface area contributed by atoms with Crippen molar-refractivity contribution >= 4 is 21.4 Å². The number of hydrogen-bond donors (Lipinski definition) is 2. The normalized spacial score (nSPS) is 11.0. The van der Waals surface area contributed by atoms with Gasteiger partial charge in [0.2, 0.25) is 10.0 Å². The maximum absolute atomic E-state index is 11.3. The first-order valence-corrected chi connectivity index (χ1v) is 9.43. The van der Waals surface area contributed by atoms with Gasteiger partial charge in [-0.25, -0.2) is 13.6 Å². The molecular weight excluding hydrogens is 336 g/mol. The zero-order chi connectivity index (χ0) is 18.4. The predicted molar refractivity (Wildman–Crippen MR) is 100 cm³/mol. The van der Waals surface area contributed by atoms with Crippen LogP contribution in [0.1, 0.15) is 17.5 Å². The summed E-state index contributed by atoms with van der Waals surface area (Å²) in [6.07, 6.45) is 1.81. The fourth-order valence-corrected chi connectivity index (χ4v) is 2.96. The highest BCUT2D eigenvalue weighted by Crippen LogP contribution is 2.19. The molecule has 0 heterocycles. The first-order valence-electron chi connectivity index (χ1n) is 7.88. The SMILES string of the molecule is CN(C)c1ccc(CCCNc2ccc(S(N)(=O)=O)cc2C#N)cc1. The molecule has 0 saturated carbocycles. The van der Waals surface area contributed by atoms with Crippen LogP contribution < -0.4 is 15.4 Å². The van der Waals surface area contributed by atoms with Crippen molar-refractivity contribution < 1.29 is 8.42 Å². The van der Waals surface area contributed by atoms with Crippen molar-refractivity contribution in [3.05, 3.63) is 53.6 Å². The number of nitrogens with zero attached hydrogens (tertiary/aromatic N) is 2. The minimum Gasteiger partial charge on any atom is -0.384 e. The summed E-state index contributed by atoms with van der Waals surface area (Å²) in [6.45, 7) is 0.679. The van der Waals surface area contributed by atoms with Gasteiger partial charge in [-0.3, -0.25) is 0 Å². The monoisotopic (exact) mass is 358 g/mol. The predicted octanol–water partition coefficient (Wildman–Crippen LogP) is 2.32. The molecule has 0 bridgehead atoms. The number of hydrogen-bond acceptors (Lipinski definition) is 5. The Morgan fingerprint density at radius 3 is 2.40 bits per heavy atom. The van der Waals surface area contributed by atoms with E-state index in [2.05, 4.69) is 34.5 Å². The summed E-state index contributed by atoms with van der Waals surface area (Å²) in [5.41, 5.74) is 3.28. The number of benzene rings is 2. The molecule has 2 aromatic rings. The molecule has 2 rings (SSSR count). The van der Waals surface area contributed by atoms with Gasteiger partial charge in [-0.15, -0.1) is 0 Å². The lowest BCUT2D eigenvalue weighted by atomic mass is 10.1. The maximum Gasteiger partial charge on any atom is 0.238 e. The Labute approximate surface area is 148 Å². The summed E-state index contributed by atoms with van der Waals surface area (Å²) >= 11 is 0. The van der Waals surface area contributed by atoms with Crippen LogP contribution in [0.2, 0.25) is 0 Å². The molecule has 0 radical (unpaired) electrons. The second kappa shape index (κ2) is 8.01. The van der Waals surface area contributed by atoms with Crippen LogP contribution in [-0.4, -0.2) is 29.1 Å². The molecule has 2 aromatic carbocycles. The first-order chi connectivity index (χ1) is 11.8. The number of aryl methyl sites for hydroxylation is 1. The fourth-order valence-electron chi connectivity index (χ4n) is 2.42. The Bertz CT molecular complexity index is 869. The van der Waals surface area contributed by atoms with Crippen molar-refractivity contribution in [1.82, 2.24) is 0 Å². The van der Waals surface area contributed by atoms with Crippen LogP contribution in [-0.2, 0) is 16.4 Å². The minimum absolute atomic E-state index is 0.0596. The molecule has 0 aliphatic carbocycles. The van der Waals surface area contributed by atoms with E-state index in [0.29, 0.717) is 12.2 Å². The third-order valence-corrected chi connectivity index (χ3v) is 4.76. The van der Waals surface area contributed by atoms with Gasteiger partial charge < -0.3 is 10.2 Å². The maximum atomic E-state index is 11.3. The van der Waals surface area contributed by atoms with Gasteiger partial charge in [0.05, 0.1) is 16.1 Å². The second-order valence-electron chi connectivity index (χ2n) is 5.96. The molecule has 132 valence electrons. The van der Waals surface area contributed by atoms with E-state index < -0.39 is 10.0 Å². The molecule has 0 aliphatic rings. The number of sulfonamides is 1. The van der Waals surface area contributed by atoms with Crippen LogP contribution in [0.4, 0.5) is 11.4 Å². The summed E-state index contributed by atoms with van der Waals surface area (Å²) in [6, 6.07) is 14.6. The number of nitriles is 1. The molecular formula is C18H22N4O2S. The van der Waals surface area contributed by atoms with Crippen molar-refractivity contribution in [3.63, 3.8) is 0 Å². The standard InChI is InChI=1S/C18H22N4O2S/c1-22(2)16-7-5-14(6-8-16)4-3-11-21-18-10-9-17(25(20,23)24)12-15(18)13-19/h5-10,12,21H,3-4,11H2,1-2H3,(H2,20,23,24). The molecule has 0 atom stereocenters. The van der Waals surface area contributed by atoms with Crippen LogP contribution in [0.5, 0.6) is 0 Å². The van der Waals surface area contributed by atoms with Gasteiger partial charge in [-0.1, -0.05) is 12.1 Å². The summed E-state index contributed by atoms with van der Waals surface area (Å²) in [5, 5.41) is 17.4. The quantitative estimate of drug-likeness (QED) is 0.740. The lowest BCUT2D eigenvalue weighted by molar-refractivity contribution is 0.598.